The third-order valence-corrected chi connectivity index (χ3v) is 4.29. The van der Waals surface area contributed by atoms with Gasteiger partial charge in [0.2, 0.25) is 5.91 Å². The SMILES string of the molecule is CC(=O)OC1C(c2ccc(F)cc2)C(=O)N1C(C)c1ccccc1. The molecule has 24 heavy (non-hydrogen) atoms. The summed E-state index contributed by atoms with van der Waals surface area (Å²) in [6, 6.07) is 15.0. The quantitative estimate of drug-likeness (QED) is 0.639. The summed E-state index contributed by atoms with van der Waals surface area (Å²) in [7, 11) is 0. The smallest absolute Gasteiger partial charge is 0.304 e. The monoisotopic (exact) mass is 327 g/mol. The summed E-state index contributed by atoms with van der Waals surface area (Å²) in [5, 5.41) is 0. The van der Waals surface area contributed by atoms with Crippen molar-refractivity contribution in [1.82, 2.24) is 4.90 Å². The van der Waals surface area contributed by atoms with Crippen molar-refractivity contribution in [3.63, 3.8) is 0 Å². The van der Waals surface area contributed by atoms with Crippen LogP contribution in [0, 0.1) is 5.82 Å². The van der Waals surface area contributed by atoms with Crippen molar-refractivity contribution < 1.29 is 18.7 Å². The van der Waals surface area contributed by atoms with Gasteiger partial charge in [-0.2, -0.15) is 0 Å². The molecule has 0 N–H and O–H groups in total. The molecule has 1 amide bonds. The average Bonchev–Trinajstić information content (AvgIpc) is 2.57. The van der Waals surface area contributed by atoms with E-state index in [-0.39, 0.29) is 17.8 Å². The number of β-lactam (4-membered cyclic amide) rings is 1. The minimum Gasteiger partial charge on any atom is -0.440 e. The predicted octanol–water partition coefficient (Wildman–Crippen LogP) is 3.40. The third-order valence-electron chi connectivity index (χ3n) is 4.29. The lowest BCUT2D eigenvalue weighted by molar-refractivity contribution is -0.193. The largest absolute Gasteiger partial charge is 0.440 e. The molecule has 1 aliphatic heterocycles. The number of nitrogens with zero attached hydrogens (tertiary/aromatic N) is 1. The molecule has 3 atom stereocenters. The molecule has 5 heteroatoms. The summed E-state index contributed by atoms with van der Waals surface area (Å²) in [5.74, 6) is -1.56. The predicted molar refractivity (Wildman–Crippen MR) is 86.4 cm³/mol. The number of esters is 1. The molecule has 3 unspecified atom stereocenters. The Morgan fingerprint density at radius 1 is 1.12 bits per heavy atom. The second-order valence-electron chi connectivity index (χ2n) is 5.86. The fourth-order valence-corrected chi connectivity index (χ4v) is 3.06. The fourth-order valence-electron chi connectivity index (χ4n) is 3.06. The lowest BCUT2D eigenvalue weighted by Crippen LogP contribution is -2.61. The second-order valence-corrected chi connectivity index (χ2v) is 5.86. The molecule has 0 radical (unpaired) electrons. The molecule has 4 nitrogen and oxygen atoms in total. The Morgan fingerprint density at radius 3 is 2.33 bits per heavy atom. The second kappa shape index (κ2) is 6.43. The van der Waals surface area contributed by atoms with Gasteiger partial charge in [0.25, 0.3) is 0 Å². The van der Waals surface area contributed by atoms with Gasteiger partial charge < -0.3 is 4.74 Å². The third kappa shape index (κ3) is 2.89. The minimum absolute atomic E-state index is 0.135. The van der Waals surface area contributed by atoms with Crippen molar-refractivity contribution in [2.24, 2.45) is 0 Å². The normalized spacial score (nSPS) is 21.1. The zero-order valence-corrected chi connectivity index (χ0v) is 13.5. The number of rotatable bonds is 4. The zero-order valence-electron chi connectivity index (χ0n) is 13.5. The van der Waals surface area contributed by atoms with Crippen LogP contribution in [0.5, 0.6) is 0 Å². The number of carbonyl (C=O) groups excluding carboxylic acids is 2. The van der Waals surface area contributed by atoms with Gasteiger partial charge in [-0.1, -0.05) is 42.5 Å². The first kappa shape index (κ1) is 16.2. The van der Waals surface area contributed by atoms with Gasteiger partial charge in [0.05, 0.1) is 6.04 Å². The number of amides is 1. The highest BCUT2D eigenvalue weighted by atomic mass is 19.1. The Labute approximate surface area is 139 Å². The number of halogens is 1. The highest BCUT2D eigenvalue weighted by molar-refractivity contribution is 5.91. The molecule has 0 saturated carbocycles. The number of likely N-dealkylation sites (tertiary alicyclic amines) is 1. The molecular formula is C19H18FNO3. The van der Waals surface area contributed by atoms with Crippen LogP contribution in [-0.2, 0) is 14.3 Å². The van der Waals surface area contributed by atoms with Crippen LogP contribution in [0.1, 0.15) is 36.9 Å². The van der Waals surface area contributed by atoms with Crippen LogP contribution in [0.4, 0.5) is 4.39 Å². The summed E-state index contributed by atoms with van der Waals surface area (Å²) in [5.41, 5.74) is 1.60. The van der Waals surface area contributed by atoms with Gasteiger partial charge in [-0.25, -0.2) is 4.39 Å². The van der Waals surface area contributed by atoms with E-state index in [1.165, 1.54) is 19.1 Å². The molecule has 1 aliphatic rings. The summed E-state index contributed by atoms with van der Waals surface area (Å²) in [6.07, 6.45) is -0.685. The lowest BCUT2D eigenvalue weighted by Gasteiger charge is -2.49. The molecule has 0 aliphatic carbocycles. The van der Waals surface area contributed by atoms with Gasteiger partial charge >= 0.3 is 5.97 Å². The van der Waals surface area contributed by atoms with Crippen molar-refractivity contribution in [2.45, 2.75) is 32.0 Å². The van der Waals surface area contributed by atoms with E-state index >= 15 is 0 Å². The molecule has 1 fully saturated rings. The Hall–Kier alpha value is -2.69. The molecule has 1 saturated heterocycles. The van der Waals surface area contributed by atoms with Gasteiger partial charge in [-0.15, -0.1) is 0 Å². The summed E-state index contributed by atoms with van der Waals surface area (Å²) in [4.78, 5) is 25.7. The molecule has 3 rings (SSSR count). The topological polar surface area (TPSA) is 46.6 Å². The Morgan fingerprint density at radius 2 is 1.75 bits per heavy atom. The average molecular weight is 327 g/mol. The van der Waals surface area contributed by atoms with Gasteiger partial charge in [-0.05, 0) is 30.2 Å². The number of benzene rings is 2. The number of carbonyl (C=O) groups is 2. The van der Waals surface area contributed by atoms with Crippen LogP contribution in [0.3, 0.4) is 0 Å². The van der Waals surface area contributed by atoms with E-state index in [9.17, 15) is 14.0 Å². The van der Waals surface area contributed by atoms with Gasteiger partial charge in [-0.3, -0.25) is 14.5 Å². The first-order valence-corrected chi connectivity index (χ1v) is 7.79. The first-order chi connectivity index (χ1) is 11.5. The van der Waals surface area contributed by atoms with Crippen LogP contribution >= 0.6 is 0 Å². The standard InChI is InChI=1S/C19H18FNO3/c1-12(14-6-4-3-5-7-14)21-18(23)17(19(21)24-13(2)22)15-8-10-16(20)11-9-15/h3-12,17,19H,1-2H3. The van der Waals surface area contributed by atoms with Crippen LogP contribution in [-0.4, -0.2) is 23.0 Å². The number of hydrogen-bond donors (Lipinski definition) is 0. The molecule has 0 spiro atoms. The van der Waals surface area contributed by atoms with Crippen LogP contribution < -0.4 is 0 Å². The van der Waals surface area contributed by atoms with Crippen LogP contribution in [0.25, 0.3) is 0 Å². The van der Waals surface area contributed by atoms with Crippen molar-refractivity contribution in [2.75, 3.05) is 0 Å². The highest BCUT2D eigenvalue weighted by Crippen LogP contribution is 2.42. The van der Waals surface area contributed by atoms with Crippen molar-refractivity contribution in [3.8, 4) is 0 Å². The fraction of sp³-hybridized carbons (Fsp3) is 0.263. The van der Waals surface area contributed by atoms with E-state index in [0.717, 1.165) is 5.56 Å². The van der Waals surface area contributed by atoms with E-state index in [2.05, 4.69) is 0 Å². The summed E-state index contributed by atoms with van der Waals surface area (Å²) < 4.78 is 18.5. The first-order valence-electron chi connectivity index (χ1n) is 7.79. The Balaban J connectivity index is 1.89. The Bertz CT molecular complexity index is 745. The number of ether oxygens (including phenoxy) is 1. The van der Waals surface area contributed by atoms with E-state index in [4.69, 9.17) is 4.74 Å². The minimum atomic E-state index is -0.685. The van der Waals surface area contributed by atoms with E-state index in [1.54, 1.807) is 17.0 Å². The number of hydrogen-bond acceptors (Lipinski definition) is 3. The molecule has 124 valence electrons. The molecule has 0 bridgehead atoms. The van der Waals surface area contributed by atoms with E-state index in [1.807, 2.05) is 37.3 Å². The maximum absolute atomic E-state index is 13.1. The van der Waals surface area contributed by atoms with Crippen molar-refractivity contribution >= 4 is 11.9 Å². The molecular weight excluding hydrogens is 309 g/mol. The highest BCUT2D eigenvalue weighted by Gasteiger charge is 2.52. The van der Waals surface area contributed by atoms with E-state index < -0.39 is 18.1 Å². The maximum Gasteiger partial charge on any atom is 0.304 e. The molecule has 2 aromatic carbocycles. The molecule has 1 heterocycles. The molecule has 2 aromatic rings. The summed E-state index contributed by atoms with van der Waals surface area (Å²) >= 11 is 0. The lowest BCUT2D eigenvalue weighted by atomic mass is 9.85. The zero-order chi connectivity index (χ0) is 17.3. The molecule has 0 aromatic heterocycles. The van der Waals surface area contributed by atoms with Crippen LogP contribution in [0.15, 0.2) is 54.6 Å². The maximum atomic E-state index is 13.1. The van der Waals surface area contributed by atoms with Gasteiger partial charge in [0.15, 0.2) is 6.23 Å². The van der Waals surface area contributed by atoms with E-state index in [0.29, 0.717) is 5.56 Å². The summed E-state index contributed by atoms with van der Waals surface area (Å²) in [6.45, 7) is 3.21. The van der Waals surface area contributed by atoms with Gasteiger partial charge in [0, 0.05) is 6.92 Å². The van der Waals surface area contributed by atoms with Gasteiger partial charge in [0.1, 0.15) is 11.7 Å². The van der Waals surface area contributed by atoms with Crippen molar-refractivity contribution in [1.29, 1.82) is 0 Å². The Kier molecular flexibility index (Phi) is 4.34. The van der Waals surface area contributed by atoms with Crippen LogP contribution in [0.2, 0.25) is 0 Å². The van der Waals surface area contributed by atoms with Crippen molar-refractivity contribution in [3.05, 3.63) is 71.5 Å².